The Morgan fingerprint density at radius 3 is 2.68 bits per heavy atom. The number of hydrogen-bond donors (Lipinski definition) is 1. The lowest BCUT2D eigenvalue weighted by Gasteiger charge is -2.25. The van der Waals surface area contributed by atoms with Crippen molar-refractivity contribution in [1.82, 2.24) is 14.4 Å². The molecule has 13 heteroatoms. The molecule has 0 unspecified atom stereocenters. The number of nitrogens with zero attached hydrogens (tertiary/aromatic N) is 3. The fraction of sp³-hybridized carbons (Fsp3) is 0.208. The van der Waals surface area contributed by atoms with Crippen LogP contribution in [0.4, 0.5) is 10.1 Å². The van der Waals surface area contributed by atoms with E-state index in [4.69, 9.17) is 25.8 Å². The number of pyridine rings is 2. The molecule has 4 heterocycles. The van der Waals surface area contributed by atoms with Gasteiger partial charge in [0.05, 0.1) is 38.1 Å². The Balaban J connectivity index is 1.49. The van der Waals surface area contributed by atoms with Crippen LogP contribution in [0.1, 0.15) is 0 Å². The largest absolute Gasteiger partial charge is 0.486 e. The van der Waals surface area contributed by atoms with Gasteiger partial charge in [-0.15, -0.1) is 0 Å². The number of rotatable bonds is 8. The predicted molar refractivity (Wildman–Crippen MR) is 133 cm³/mol. The second-order valence-corrected chi connectivity index (χ2v) is 10.3. The van der Waals surface area contributed by atoms with Crippen molar-refractivity contribution in [2.24, 2.45) is 5.92 Å². The molecule has 1 fully saturated rings. The summed E-state index contributed by atoms with van der Waals surface area (Å²) >= 11 is 5.95. The van der Waals surface area contributed by atoms with E-state index in [-0.39, 0.29) is 38.7 Å². The van der Waals surface area contributed by atoms with Crippen LogP contribution in [-0.2, 0) is 14.8 Å². The van der Waals surface area contributed by atoms with Crippen LogP contribution in [0.2, 0.25) is 5.02 Å². The van der Waals surface area contributed by atoms with Crippen LogP contribution in [0, 0.1) is 11.7 Å². The van der Waals surface area contributed by atoms with Crippen molar-refractivity contribution in [3.8, 4) is 22.8 Å². The third kappa shape index (κ3) is 5.08. The zero-order valence-electron chi connectivity index (χ0n) is 19.4. The zero-order valence-corrected chi connectivity index (χ0v) is 20.9. The number of sulfonamides is 1. The molecule has 3 aromatic heterocycles. The van der Waals surface area contributed by atoms with Crippen molar-refractivity contribution in [1.29, 1.82) is 0 Å². The van der Waals surface area contributed by atoms with Gasteiger partial charge in [0.25, 0.3) is 15.6 Å². The molecule has 1 aliphatic rings. The highest BCUT2D eigenvalue weighted by atomic mass is 35.5. The number of benzene rings is 1. The van der Waals surface area contributed by atoms with Gasteiger partial charge in [-0.05, 0) is 36.4 Å². The van der Waals surface area contributed by atoms with Crippen molar-refractivity contribution in [3.05, 3.63) is 76.2 Å². The van der Waals surface area contributed by atoms with Gasteiger partial charge in [0.15, 0.2) is 0 Å². The molecule has 0 atom stereocenters. The standard InChI is InChI=1S/C24H20ClFN4O6S/c1-34-23-19(29-37(32,33)21-4-3-17(26)7-18(21)25)6-16(8-28-23)15-2-5-22-27-9-20(24(31)30(22)10-15)36-13-14-11-35-12-14/h2-10,14,29H,11-13H2,1H3. The number of ether oxygens (including phenoxy) is 3. The summed E-state index contributed by atoms with van der Waals surface area (Å²) in [6.07, 6.45) is 4.42. The first-order valence-corrected chi connectivity index (χ1v) is 12.9. The van der Waals surface area contributed by atoms with E-state index in [1.807, 2.05) is 0 Å². The molecule has 1 N–H and O–H groups in total. The molecule has 37 heavy (non-hydrogen) atoms. The summed E-state index contributed by atoms with van der Waals surface area (Å²) < 4.78 is 59.0. The average Bonchev–Trinajstić information content (AvgIpc) is 2.84. The molecule has 0 aliphatic carbocycles. The molecular formula is C24H20ClFN4O6S. The number of anilines is 1. The van der Waals surface area contributed by atoms with E-state index < -0.39 is 15.8 Å². The van der Waals surface area contributed by atoms with E-state index in [1.54, 1.807) is 18.3 Å². The number of nitrogens with one attached hydrogen (secondary N) is 1. The van der Waals surface area contributed by atoms with Gasteiger partial charge >= 0.3 is 0 Å². The Labute approximate surface area is 215 Å². The van der Waals surface area contributed by atoms with Crippen molar-refractivity contribution < 1.29 is 27.0 Å². The van der Waals surface area contributed by atoms with Gasteiger partial charge in [0.1, 0.15) is 22.0 Å². The quantitative estimate of drug-likeness (QED) is 0.357. The molecule has 5 rings (SSSR count). The first-order valence-electron chi connectivity index (χ1n) is 11.0. The fourth-order valence-electron chi connectivity index (χ4n) is 3.66. The van der Waals surface area contributed by atoms with Gasteiger partial charge < -0.3 is 14.2 Å². The maximum atomic E-state index is 13.4. The molecule has 0 bridgehead atoms. The first kappa shape index (κ1) is 24.9. The number of methoxy groups -OCH3 is 1. The summed E-state index contributed by atoms with van der Waals surface area (Å²) in [5, 5.41) is -0.278. The minimum Gasteiger partial charge on any atom is -0.486 e. The molecule has 4 aromatic rings. The summed E-state index contributed by atoms with van der Waals surface area (Å²) in [4.78, 5) is 21.2. The second-order valence-electron chi connectivity index (χ2n) is 8.25. The highest BCUT2D eigenvalue weighted by molar-refractivity contribution is 7.92. The lowest BCUT2D eigenvalue weighted by atomic mass is 10.1. The minimum atomic E-state index is -4.21. The van der Waals surface area contributed by atoms with Crippen LogP contribution in [0.5, 0.6) is 11.6 Å². The zero-order chi connectivity index (χ0) is 26.2. The predicted octanol–water partition coefficient (Wildman–Crippen LogP) is 3.38. The Bertz CT molecular complexity index is 1660. The smallest absolute Gasteiger partial charge is 0.300 e. The van der Waals surface area contributed by atoms with Gasteiger partial charge in [-0.25, -0.2) is 22.8 Å². The molecule has 1 aromatic carbocycles. The van der Waals surface area contributed by atoms with Gasteiger partial charge in [-0.1, -0.05) is 11.6 Å². The van der Waals surface area contributed by atoms with Crippen LogP contribution in [0.15, 0.2) is 64.7 Å². The van der Waals surface area contributed by atoms with E-state index >= 15 is 0 Å². The van der Waals surface area contributed by atoms with Crippen molar-refractivity contribution in [3.63, 3.8) is 0 Å². The molecule has 0 amide bonds. The lowest BCUT2D eigenvalue weighted by molar-refractivity contribution is -0.0510. The van der Waals surface area contributed by atoms with E-state index in [2.05, 4.69) is 14.7 Å². The molecular weight excluding hydrogens is 527 g/mol. The highest BCUT2D eigenvalue weighted by Crippen LogP contribution is 2.31. The summed E-state index contributed by atoms with van der Waals surface area (Å²) in [7, 11) is -2.87. The molecule has 0 saturated carbocycles. The summed E-state index contributed by atoms with van der Waals surface area (Å²) in [6.45, 7) is 1.54. The third-order valence-corrected chi connectivity index (χ3v) is 7.51. The molecule has 1 aliphatic heterocycles. The maximum absolute atomic E-state index is 13.4. The molecule has 1 saturated heterocycles. The minimum absolute atomic E-state index is 0.000780. The number of aromatic nitrogens is 3. The normalized spacial score (nSPS) is 13.8. The van der Waals surface area contributed by atoms with Gasteiger partial charge in [0, 0.05) is 29.4 Å². The highest BCUT2D eigenvalue weighted by Gasteiger charge is 2.22. The van der Waals surface area contributed by atoms with Gasteiger partial charge in [-0.3, -0.25) is 13.9 Å². The van der Waals surface area contributed by atoms with E-state index in [9.17, 15) is 17.6 Å². The van der Waals surface area contributed by atoms with Crippen LogP contribution < -0.4 is 19.8 Å². The maximum Gasteiger partial charge on any atom is 0.300 e. The molecule has 0 spiro atoms. The number of fused-ring (bicyclic) bond motifs is 1. The van der Waals surface area contributed by atoms with Crippen molar-refractivity contribution >= 4 is 33.0 Å². The van der Waals surface area contributed by atoms with Crippen LogP contribution >= 0.6 is 11.6 Å². The third-order valence-electron chi connectivity index (χ3n) is 5.66. The Hall–Kier alpha value is -3.74. The SMILES string of the molecule is COc1ncc(-c2ccc3ncc(OCC4COC4)c(=O)n3c2)cc1NS(=O)(=O)c1ccc(F)cc1Cl. The number of hydrogen-bond acceptors (Lipinski definition) is 8. The average molecular weight is 547 g/mol. The van der Waals surface area contributed by atoms with Crippen LogP contribution in [0.3, 0.4) is 0 Å². The molecule has 192 valence electrons. The summed E-state index contributed by atoms with van der Waals surface area (Å²) in [5.41, 5.74) is 1.07. The van der Waals surface area contributed by atoms with Crippen molar-refractivity contribution in [2.75, 3.05) is 31.7 Å². The summed E-state index contributed by atoms with van der Waals surface area (Å²) in [5.74, 6) is -0.319. The first-order chi connectivity index (χ1) is 17.7. The monoisotopic (exact) mass is 546 g/mol. The van der Waals surface area contributed by atoms with E-state index in [0.717, 1.165) is 18.2 Å². The molecule has 0 radical (unpaired) electrons. The van der Waals surface area contributed by atoms with E-state index in [0.29, 0.717) is 36.6 Å². The van der Waals surface area contributed by atoms with E-state index in [1.165, 1.54) is 30.0 Å². The van der Waals surface area contributed by atoms with Crippen molar-refractivity contribution in [2.45, 2.75) is 4.90 Å². The van der Waals surface area contributed by atoms with Crippen LogP contribution in [-0.4, -0.2) is 49.7 Å². The van der Waals surface area contributed by atoms with Gasteiger partial charge in [-0.2, -0.15) is 0 Å². The molecule has 10 nitrogen and oxygen atoms in total. The second kappa shape index (κ2) is 9.96. The summed E-state index contributed by atoms with van der Waals surface area (Å²) in [6, 6.07) is 7.81. The fourth-order valence-corrected chi connectivity index (χ4v) is 5.24. The van der Waals surface area contributed by atoms with Crippen LogP contribution in [0.25, 0.3) is 16.8 Å². The topological polar surface area (TPSA) is 121 Å². The Morgan fingerprint density at radius 2 is 1.97 bits per heavy atom. The Kier molecular flexibility index (Phi) is 6.71. The van der Waals surface area contributed by atoms with Gasteiger partial charge in [0.2, 0.25) is 11.6 Å². The lowest BCUT2D eigenvalue weighted by Crippen LogP contribution is -2.33. The number of halogens is 2. The Morgan fingerprint density at radius 1 is 1.16 bits per heavy atom.